The van der Waals surface area contributed by atoms with E-state index in [9.17, 15) is 20.1 Å². The number of carbonyl (C=O) groups is 2. The summed E-state index contributed by atoms with van der Waals surface area (Å²) in [6.07, 6.45) is 0. The Morgan fingerprint density at radius 3 is 2.80 bits per heavy atom. The summed E-state index contributed by atoms with van der Waals surface area (Å²) in [4.78, 5) is 25.5. The van der Waals surface area contributed by atoms with Gasteiger partial charge in [-0.1, -0.05) is 31.7 Å². The van der Waals surface area contributed by atoms with Crippen LogP contribution in [0.3, 0.4) is 0 Å². The number of nitriles is 2. The monoisotopic (exact) mass is 374 g/mol. The third-order valence-corrected chi connectivity index (χ3v) is 6.00. The molecule has 1 aliphatic heterocycles. The minimum absolute atomic E-state index is 0.183. The Balaban J connectivity index is 2.12. The van der Waals surface area contributed by atoms with Gasteiger partial charge < -0.3 is 10.6 Å². The first-order valence-electron chi connectivity index (χ1n) is 7.63. The molecule has 2 N–H and O–H groups in total. The Morgan fingerprint density at radius 2 is 2.24 bits per heavy atom. The van der Waals surface area contributed by atoms with Crippen LogP contribution in [0.2, 0.25) is 0 Å². The van der Waals surface area contributed by atoms with E-state index in [4.69, 9.17) is 0 Å². The minimum atomic E-state index is -0.936. The highest BCUT2D eigenvalue weighted by molar-refractivity contribution is 8.04. The van der Waals surface area contributed by atoms with Gasteiger partial charge in [-0.3, -0.25) is 9.59 Å². The average Bonchev–Trinajstić information content (AvgIpc) is 3.05. The molecule has 0 spiro atoms. The molecule has 1 aromatic heterocycles. The minimum Gasteiger partial charge on any atom is -0.350 e. The van der Waals surface area contributed by atoms with Gasteiger partial charge in [0.05, 0.1) is 34.5 Å². The Bertz CT molecular complexity index is 785. The molecule has 1 aliphatic rings. The van der Waals surface area contributed by atoms with Crippen molar-refractivity contribution >= 4 is 34.9 Å². The zero-order chi connectivity index (χ0) is 18.6. The molecular formula is C17H18N4O2S2. The number of thioether (sulfide) groups is 1. The standard InChI is InChI=1S/C17H18N4O2S2/c1-10(14(22)20-9-11-5-4-6-24-11)25-16-13(8-19)17(2,3)12(7-18)15(23)21-16/h4-6,10,12H,9H2,1-3H3,(H,20,22)(H,21,23)/t10-,12+/m0/s1. The number of nitrogens with one attached hydrogen (secondary N) is 2. The molecule has 0 fully saturated rings. The van der Waals surface area contributed by atoms with Crippen LogP contribution in [0.1, 0.15) is 25.6 Å². The van der Waals surface area contributed by atoms with Gasteiger partial charge in [-0.05, 0) is 18.4 Å². The van der Waals surface area contributed by atoms with E-state index < -0.39 is 22.5 Å². The number of rotatable bonds is 5. The second kappa shape index (κ2) is 7.73. The van der Waals surface area contributed by atoms with Crippen LogP contribution >= 0.6 is 23.1 Å². The molecule has 0 saturated carbocycles. The number of carbonyl (C=O) groups excluding carboxylic acids is 2. The molecule has 8 heteroatoms. The summed E-state index contributed by atoms with van der Waals surface area (Å²) in [6, 6.07) is 7.90. The predicted molar refractivity (Wildman–Crippen MR) is 96.9 cm³/mol. The number of thiophene rings is 1. The Hall–Kier alpha value is -2.29. The van der Waals surface area contributed by atoms with Crippen molar-refractivity contribution in [1.29, 1.82) is 10.5 Å². The largest absolute Gasteiger partial charge is 0.350 e. The average molecular weight is 374 g/mol. The third-order valence-electron chi connectivity index (χ3n) is 4.01. The number of hydrogen-bond donors (Lipinski definition) is 2. The van der Waals surface area contributed by atoms with Crippen molar-refractivity contribution in [3.8, 4) is 12.1 Å². The Labute approximate surface area is 154 Å². The summed E-state index contributed by atoms with van der Waals surface area (Å²) < 4.78 is 0. The zero-order valence-corrected chi connectivity index (χ0v) is 15.8. The van der Waals surface area contributed by atoms with Gasteiger partial charge in [0.15, 0.2) is 0 Å². The molecule has 2 amide bonds. The van der Waals surface area contributed by atoms with Gasteiger partial charge >= 0.3 is 0 Å². The summed E-state index contributed by atoms with van der Waals surface area (Å²) >= 11 is 2.68. The second-order valence-corrected chi connectivity index (χ2v) is 8.53. The van der Waals surface area contributed by atoms with E-state index in [1.807, 2.05) is 23.6 Å². The quantitative estimate of drug-likeness (QED) is 0.824. The van der Waals surface area contributed by atoms with E-state index in [2.05, 4.69) is 16.7 Å². The molecule has 0 unspecified atom stereocenters. The van der Waals surface area contributed by atoms with Crippen molar-refractivity contribution in [3.63, 3.8) is 0 Å². The summed E-state index contributed by atoms with van der Waals surface area (Å²) in [5.74, 6) is -1.56. The molecule has 0 aromatic carbocycles. The first-order valence-corrected chi connectivity index (χ1v) is 9.39. The highest BCUT2D eigenvalue weighted by Crippen LogP contribution is 2.42. The lowest BCUT2D eigenvalue weighted by Gasteiger charge is -2.35. The van der Waals surface area contributed by atoms with Crippen molar-refractivity contribution in [2.24, 2.45) is 11.3 Å². The van der Waals surface area contributed by atoms with Gasteiger partial charge in [0.2, 0.25) is 11.8 Å². The Morgan fingerprint density at radius 1 is 1.52 bits per heavy atom. The molecule has 2 atom stereocenters. The first kappa shape index (κ1) is 19.0. The van der Waals surface area contributed by atoms with Crippen molar-refractivity contribution in [2.75, 3.05) is 0 Å². The SMILES string of the molecule is C[C@H](SC1=C(C#N)C(C)(C)[C@H](C#N)C(=O)N1)C(=O)NCc1cccs1. The summed E-state index contributed by atoms with van der Waals surface area (Å²) in [5.41, 5.74) is -0.581. The fourth-order valence-electron chi connectivity index (χ4n) is 2.48. The van der Waals surface area contributed by atoms with Gasteiger partial charge in [0.25, 0.3) is 0 Å². The van der Waals surface area contributed by atoms with E-state index in [-0.39, 0.29) is 5.91 Å². The fourth-order valence-corrected chi connectivity index (χ4v) is 4.25. The first-order chi connectivity index (χ1) is 11.8. The lowest BCUT2D eigenvalue weighted by Crippen LogP contribution is -2.45. The highest BCUT2D eigenvalue weighted by atomic mass is 32.2. The number of allylic oxidation sites excluding steroid dienone is 1. The molecule has 25 heavy (non-hydrogen) atoms. The van der Waals surface area contributed by atoms with Gasteiger partial charge in [0.1, 0.15) is 5.92 Å². The van der Waals surface area contributed by atoms with Crippen LogP contribution < -0.4 is 10.6 Å². The molecule has 2 rings (SSSR count). The van der Waals surface area contributed by atoms with Crippen molar-refractivity contribution in [1.82, 2.24) is 10.6 Å². The van der Waals surface area contributed by atoms with Gasteiger partial charge in [0, 0.05) is 10.3 Å². The van der Waals surface area contributed by atoms with Crippen LogP contribution in [-0.2, 0) is 16.1 Å². The van der Waals surface area contributed by atoms with Crippen LogP contribution in [0.15, 0.2) is 28.1 Å². The van der Waals surface area contributed by atoms with E-state index in [0.717, 1.165) is 16.6 Å². The fraction of sp³-hybridized carbons (Fsp3) is 0.412. The smallest absolute Gasteiger partial charge is 0.243 e. The van der Waals surface area contributed by atoms with Crippen LogP contribution in [0, 0.1) is 34.0 Å². The van der Waals surface area contributed by atoms with Crippen molar-refractivity contribution in [3.05, 3.63) is 33.0 Å². The van der Waals surface area contributed by atoms with Gasteiger partial charge in [-0.15, -0.1) is 11.3 Å². The predicted octanol–water partition coefficient (Wildman–Crippen LogP) is 2.52. The summed E-state index contributed by atoms with van der Waals surface area (Å²) in [6.45, 7) is 5.55. The van der Waals surface area contributed by atoms with Crippen LogP contribution in [0.5, 0.6) is 0 Å². The zero-order valence-electron chi connectivity index (χ0n) is 14.1. The van der Waals surface area contributed by atoms with E-state index in [0.29, 0.717) is 17.1 Å². The van der Waals surface area contributed by atoms with E-state index in [1.54, 1.807) is 32.1 Å². The highest BCUT2D eigenvalue weighted by Gasteiger charge is 2.45. The molecule has 0 aliphatic carbocycles. The van der Waals surface area contributed by atoms with E-state index >= 15 is 0 Å². The van der Waals surface area contributed by atoms with Crippen molar-refractivity contribution < 1.29 is 9.59 Å². The molecule has 6 nitrogen and oxygen atoms in total. The number of hydrogen-bond acceptors (Lipinski definition) is 6. The number of amides is 2. The van der Waals surface area contributed by atoms with Gasteiger partial charge in [-0.2, -0.15) is 10.5 Å². The molecule has 0 radical (unpaired) electrons. The maximum Gasteiger partial charge on any atom is 0.243 e. The molecule has 130 valence electrons. The summed E-state index contributed by atoms with van der Waals surface area (Å²) in [7, 11) is 0. The lowest BCUT2D eigenvalue weighted by molar-refractivity contribution is -0.125. The summed E-state index contributed by atoms with van der Waals surface area (Å²) in [5, 5.41) is 26.0. The maximum atomic E-state index is 12.3. The second-order valence-electron chi connectivity index (χ2n) is 6.15. The normalized spacial score (nSPS) is 20.2. The maximum absolute atomic E-state index is 12.3. The molecule has 1 aromatic rings. The van der Waals surface area contributed by atoms with Crippen LogP contribution in [0.4, 0.5) is 0 Å². The van der Waals surface area contributed by atoms with Crippen LogP contribution in [0.25, 0.3) is 0 Å². The van der Waals surface area contributed by atoms with Crippen LogP contribution in [-0.4, -0.2) is 17.1 Å². The molecule has 2 heterocycles. The molecule has 0 bridgehead atoms. The lowest BCUT2D eigenvalue weighted by atomic mass is 9.72. The molecule has 0 saturated heterocycles. The van der Waals surface area contributed by atoms with Gasteiger partial charge in [-0.25, -0.2) is 0 Å². The topological polar surface area (TPSA) is 106 Å². The number of nitrogens with zero attached hydrogens (tertiary/aromatic N) is 2. The molecular weight excluding hydrogens is 356 g/mol. The van der Waals surface area contributed by atoms with Crippen molar-refractivity contribution in [2.45, 2.75) is 32.6 Å². The van der Waals surface area contributed by atoms with E-state index in [1.165, 1.54) is 0 Å². The Kier molecular flexibility index (Phi) is 5.89. The third kappa shape index (κ3) is 4.04.